The van der Waals surface area contributed by atoms with Crippen molar-refractivity contribution in [3.63, 3.8) is 0 Å². The summed E-state index contributed by atoms with van der Waals surface area (Å²) in [5, 5.41) is 4.14. The molecular weight excluding hydrogens is 342 g/mol. The van der Waals surface area contributed by atoms with Gasteiger partial charge in [-0.1, -0.05) is 19.0 Å². The van der Waals surface area contributed by atoms with Crippen molar-refractivity contribution < 1.29 is 9.32 Å². The number of amides is 1. The van der Waals surface area contributed by atoms with Crippen LogP contribution < -0.4 is 0 Å². The van der Waals surface area contributed by atoms with Crippen molar-refractivity contribution in [3.05, 3.63) is 11.7 Å². The summed E-state index contributed by atoms with van der Waals surface area (Å²) in [6, 6.07) is 0.145. The molecule has 3 fully saturated rings. The van der Waals surface area contributed by atoms with Gasteiger partial charge in [0.15, 0.2) is 5.82 Å². The smallest absolute Gasteiger partial charge is 0.243 e. The van der Waals surface area contributed by atoms with E-state index in [1.807, 2.05) is 0 Å². The molecule has 0 N–H and O–H groups in total. The van der Waals surface area contributed by atoms with E-state index < -0.39 is 0 Å². The van der Waals surface area contributed by atoms with Crippen molar-refractivity contribution in [1.29, 1.82) is 0 Å². The van der Waals surface area contributed by atoms with E-state index >= 15 is 0 Å². The summed E-state index contributed by atoms with van der Waals surface area (Å²) in [5.41, 5.74) is 0. The second kappa shape index (κ2) is 7.87. The van der Waals surface area contributed by atoms with Crippen LogP contribution in [0.5, 0.6) is 0 Å². The van der Waals surface area contributed by atoms with Crippen molar-refractivity contribution in [2.45, 2.75) is 52.0 Å². The van der Waals surface area contributed by atoms with Crippen LogP contribution in [0.1, 0.15) is 63.7 Å². The summed E-state index contributed by atoms with van der Waals surface area (Å²) >= 11 is 0. The third-order valence-electron chi connectivity index (χ3n) is 6.29. The lowest BCUT2D eigenvalue weighted by Crippen LogP contribution is -2.52. The summed E-state index contributed by atoms with van der Waals surface area (Å²) in [6.45, 7) is 12.7. The lowest BCUT2D eigenvalue weighted by molar-refractivity contribution is -0.135. The molecule has 0 radical (unpaired) electrons. The van der Waals surface area contributed by atoms with E-state index in [9.17, 15) is 4.79 Å². The number of carbonyl (C=O) groups is 1. The van der Waals surface area contributed by atoms with Gasteiger partial charge in [0.25, 0.3) is 0 Å². The predicted octanol–water partition coefficient (Wildman–Crippen LogP) is 2.13. The summed E-state index contributed by atoms with van der Waals surface area (Å²) in [5.74, 6) is 3.66. The molecule has 1 aromatic rings. The van der Waals surface area contributed by atoms with Gasteiger partial charge in [0.2, 0.25) is 11.8 Å². The molecule has 1 aliphatic carbocycles. The summed E-state index contributed by atoms with van der Waals surface area (Å²) in [7, 11) is 0. The second-order valence-corrected chi connectivity index (χ2v) is 9.00. The van der Waals surface area contributed by atoms with Crippen LogP contribution in [0.2, 0.25) is 0 Å². The number of rotatable bonds is 5. The first-order valence-electron chi connectivity index (χ1n) is 10.6. The highest BCUT2D eigenvalue weighted by molar-refractivity contribution is 5.78. The van der Waals surface area contributed by atoms with Gasteiger partial charge in [-0.3, -0.25) is 14.6 Å². The monoisotopic (exact) mass is 375 g/mol. The average Bonchev–Trinajstić information content (AvgIpc) is 3.38. The molecule has 150 valence electrons. The van der Waals surface area contributed by atoms with Crippen LogP contribution in [0.3, 0.4) is 0 Å². The highest BCUT2D eigenvalue weighted by Gasteiger charge is 2.32. The largest absolute Gasteiger partial charge is 0.341 e. The molecular formula is C20H33N5O2. The molecule has 0 unspecified atom stereocenters. The number of likely N-dealkylation sites (tertiary alicyclic amines) is 1. The third-order valence-corrected chi connectivity index (χ3v) is 6.29. The third kappa shape index (κ3) is 4.51. The van der Waals surface area contributed by atoms with E-state index in [1.165, 1.54) is 19.3 Å². The Bertz CT molecular complexity index is 641. The molecule has 1 amide bonds. The number of aromatic nitrogens is 2. The minimum Gasteiger partial charge on any atom is -0.341 e. The Kier molecular flexibility index (Phi) is 5.50. The number of piperidine rings is 1. The maximum absolute atomic E-state index is 12.7. The molecule has 3 atom stereocenters. The fraction of sp³-hybridized carbons (Fsp3) is 0.850. The molecule has 27 heavy (non-hydrogen) atoms. The molecule has 0 aromatic carbocycles. The Morgan fingerprint density at radius 1 is 1.15 bits per heavy atom. The molecule has 0 spiro atoms. The molecule has 0 bridgehead atoms. The average molecular weight is 376 g/mol. The van der Waals surface area contributed by atoms with E-state index in [1.54, 1.807) is 0 Å². The Hall–Kier alpha value is -1.47. The first kappa shape index (κ1) is 18.9. The fourth-order valence-corrected chi connectivity index (χ4v) is 4.55. The van der Waals surface area contributed by atoms with E-state index in [-0.39, 0.29) is 6.04 Å². The Balaban J connectivity index is 1.25. The van der Waals surface area contributed by atoms with Gasteiger partial charge < -0.3 is 9.42 Å². The number of hydrogen-bond acceptors (Lipinski definition) is 6. The normalized spacial score (nSPS) is 29.1. The van der Waals surface area contributed by atoms with Crippen molar-refractivity contribution in [1.82, 2.24) is 24.8 Å². The molecule has 7 nitrogen and oxygen atoms in total. The molecule has 3 aliphatic rings. The Morgan fingerprint density at radius 2 is 1.81 bits per heavy atom. The minimum absolute atomic E-state index is 0.145. The zero-order valence-corrected chi connectivity index (χ0v) is 16.9. The molecule has 1 aromatic heterocycles. The van der Waals surface area contributed by atoms with Crippen LogP contribution in [-0.4, -0.2) is 76.6 Å². The maximum atomic E-state index is 12.7. The van der Waals surface area contributed by atoms with E-state index in [0.717, 1.165) is 51.0 Å². The van der Waals surface area contributed by atoms with Crippen LogP contribution in [0.25, 0.3) is 0 Å². The molecule has 3 heterocycles. The van der Waals surface area contributed by atoms with Crippen LogP contribution >= 0.6 is 0 Å². The van der Waals surface area contributed by atoms with Gasteiger partial charge in [-0.15, -0.1) is 0 Å². The van der Waals surface area contributed by atoms with E-state index in [0.29, 0.717) is 30.2 Å². The molecule has 1 saturated carbocycles. The Labute approximate surface area is 162 Å². The van der Waals surface area contributed by atoms with Crippen molar-refractivity contribution in [2.24, 2.45) is 11.8 Å². The number of nitrogens with zero attached hydrogens (tertiary/aromatic N) is 5. The van der Waals surface area contributed by atoms with Crippen LogP contribution in [0, 0.1) is 11.8 Å². The van der Waals surface area contributed by atoms with Crippen LogP contribution in [-0.2, 0) is 4.79 Å². The van der Waals surface area contributed by atoms with Crippen LogP contribution in [0.4, 0.5) is 0 Å². The van der Waals surface area contributed by atoms with Gasteiger partial charge in [-0.25, -0.2) is 0 Å². The molecule has 4 rings (SSSR count). The van der Waals surface area contributed by atoms with Gasteiger partial charge in [0, 0.05) is 45.2 Å². The lowest BCUT2D eigenvalue weighted by atomic mass is 9.92. The van der Waals surface area contributed by atoms with E-state index in [2.05, 4.69) is 45.6 Å². The molecule has 2 saturated heterocycles. The fourth-order valence-electron chi connectivity index (χ4n) is 4.55. The predicted molar refractivity (Wildman–Crippen MR) is 102 cm³/mol. The summed E-state index contributed by atoms with van der Waals surface area (Å²) < 4.78 is 5.49. The second-order valence-electron chi connectivity index (χ2n) is 9.00. The van der Waals surface area contributed by atoms with Crippen molar-refractivity contribution in [2.75, 3.05) is 45.8 Å². The van der Waals surface area contributed by atoms with Crippen molar-refractivity contribution in [3.8, 4) is 0 Å². The minimum atomic E-state index is 0.145. The number of hydrogen-bond donors (Lipinski definition) is 0. The van der Waals surface area contributed by atoms with Crippen LogP contribution in [0.15, 0.2) is 4.52 Å². The lowest BCUT2D eigenvalue weighted by Gasteiger charge is -2.39. The first-order chi connectivity index (χ1) is 13.0. The summed E-state index contributed by atoms with van der Waals surface area (Å²) in [6.07, 6.45) is 3.61. The summed E-state index contributed by atoms with van der Waals surface area (Å²) in [4.78, 5) is 24.1. The quantitative estimate of drug-likeness (QED) is 0.785. The van der Waals surface area contributed by atoms with Gasteiger partial charge in [0.05, 0.1) is 12.6 Å². The molecule has 7 heteroatoms. The first-order valence-corrected chi connectivity index (χ1v) is 10.6. The SMILES string of the molecule is C[C@@H]1C[C@H](C)CN(C(=O)CN2CCN([C@@H](C)c3nc(C4CC4)no3)CC2)C1. The van der Waals surface area contributed by atoms with Crippen molar-refractivity contribution >= 4 is 5.91 Å². The highest BCUT2D eigenvalue weighted by atomic mass is 16.5. The molecule has 2 aliphatic heterocycles. The Morgan fingerprint density at radius 3 is 2.44 bits per heavy atom. The zero-order valence-electron chi connectivity index (χ0n) is 16.9. The van der Waals surface area contributed by atoms with Gasteiger partial charge in [-0.05, 0) is 38.0 Å². The topological polar surface area (TPSA) is 65.7 Å². The standard InChI is InChI=1S/C20H33N5O2/c1-14-10-15(2)12-25(11-14)18(26)13-23-6-8-24(9-7-23)16(3)20-21-19(22-27-20)17-4-5-17/h14-17H,4-13H2,1-3H3/t14-,15+,16-/m0/s1. The number of carbonyl (C=O) groups excluding carboxylic acids is 1. The van der Waals surface area contributed by atoms with E-state index in [4.69, 9.17) is 4.52 Å². The number of piperazine rings is 1. The zero-order chi connectivity index (χ0) is 19.0. The van der Waals surface area contributed by atoms with Gasteiger partial charge >= 0.3 is 0 Å². The maximum Gasteiger partial charge on any atom is 0.243 e. The highest BCUT2D eigenvalue weighted by Crippen LogP contribution is 2.38. The van der Waals surface area contributed by atoms with Gasteiger partial charge in [-0.2, -0.15) is 4.98 Å². The van der Waals surface area contributed by atoms with Gasteiger partial charge in [0.1, 0.15) is 0 Å².